The van der Waals surface area contributed by atoms with Gasteiger partial charge in [0, 0.05) is 12.8 Å². The average molecular weight is 935 g/mol. The molecular weight excluding hydrogens is 815 g/mol. The number of carbonyl (C=O) groups excluding carboxylic acids is 2. The van der Waals surface area contributed by atoms with Crippen LogP contribution in [-0.2, 0) is 14.3 Å². The zero-order valence-corrected chi connectivity index (χ0v) is 45.0. The van der Waals surface area contributed by atoms with Gasteiger partial charge in [-0.15, -0.1) is 0 Å². The first kappa shape index (κ1) is 64.9. The molecule has 0 bridgehead atoms. The molecule has 6 heteroatoms. The molecule has 0 heterocycles. The number of rotatable bonds is 57. The molecule has 1 amide bonds. The van der Waals surface area contributed by atoms with E-state index in [1.165, 1.54) is 263 Å². The summed E-state index contributed by atoms with van der Waals surface area (Å²) >= 11 is 0. The zero-order chi connectivity index (χ0) is 47.9. The van der Waals surface area contributed by atoms with Crippen molar-refractivity contribution in [2.75, 3.05) is 13.2 Å². The standard InChI is InChI=1S/C60H119NO5/c1-3-5-7-9-11-13-15-17-19-21-22-23-24-25-28-32-36-40-44-48-52-58(63)57(56-62)61-59(64)53-49-45-41-37-33-29-27-31-35-39-43-47-51-55-66-60(65)54-50-46-42-38-34-30-26-20-18-16-14-12-10-8-6-4-2/h57-58,62-63H,3-56H2,1-2H3,(H,61,64). The molecule has 3 N–H and O–H groups in total. The summed E-state index contributed by atoms with van der Waals surface area (Å²) in [6, 6.07) is -0.550. The number of unbranched alkanes of at least 4 members (excludes halogenated alkanes) is 46. The Bertz CT molecular complexity index is 944. The first-order chi connectivity index (χ1) is 32.5. The van der Waals surface area contributed by atoms with Gasteiger partial charge in [0.05, 0.1) is 25.4 Å². The van der Waals surface area contributed by atoms with E-state index in [1.54, 1.807) is 0 Å². The minimum absolute atomic E-state index is 0.000513. The van der Waals surface area contributed by atoms with Crippen LogP contribution in [0.3, 0.4) is 0 Å². The maximum absolute atomic E-state index is 12.5. The normalized spacial score (nSPS) is 12.5. The van der Waals surface area contributed by atoms with E-state index in [1.807, 2.05) is 0 Å². The summed E-state index contributed by atoms with van der Waals surface area (Å²) in [7, 11) is 0. The maximum atomic E-state index is 12.5. The molecule has 2 unspecified atom stereocenters. The molecule has 0 rings (SSSR count). The van der Waals surface area contributed by atoms with Gasteiger partial charge >= 0.3 is 5.97 Å². The largest absolute Gasteiger partial charge is 0.466 e. The second kappa shape index (κ2) is 56.4. The van der Waals surface area contributed by atoms with E-state index in [0.717, 1.165) is 51.4 Å². The Morgan fingerprint density at radius 1 is 0.364 bits per heavy atom. The van der Waals surface area contributed by atoms with Crippen molar-refractivity contribution in [1.29, 1.82) is 0 Å². The van der Waals surface area contributed by atoms with Crippen LogP contribution in [0.1, 0.15) is 348 Å². The minimum atomic E-state index is -0.672. The molecule has 394 valence electrons. The lowest BCUT2D eigenvalue weighted by Gasteiger charge is -2.22. The van der Waals surface area contributed by atoms with Gasteiger partial charge in [0.25, 0.3) is 0 Å². The van der Waals surface area contributed by atoms with E-state index >= 15 is 0 Å². The summed E-state index contributed by atoms with van der Waals surface area (Å²) in [5.74, 6) is -0.0437. The Morgan fingerprint density at radius 2 is 0.621 bits per heavy atom. The lowest BCUT2D eigenvalue weighted by molar-refractivity contribution is -0.143. The van der Waals surface area contributed by atoms with E-state index in [9.17, 15) is 19.8 Å². The molecule has 0 aromatic carbocycles. The van der Waals surface area contributed by atoms with Gasteiger partial charge in [0.2, 0.25) is 5.91 Å². The van der Waals surface area contributed by atoms with Gasteiger partial charge in [0.1, 0.15) is 0 Å². The number of hydrogen-bond acceptors (Lipinski definition) is 5. The fourth-order valence-corrected chi connectivity index (χ4v) is 9.76. The van der Waals surface area contributed by atoms with Crippen molar-refractivity contribution in [2.24, 2.45) is 0 Å². The highest BCUT2D eigenvalue weighted by atomic mass is 16.5. The molecule has 2 atom stereocenters. The summed E-state index contributed by atoms with van der Waals surface area (Å²) in [4.78, 5) is 24.6. The number of aliphatic hydroxyl groups is 2. The van der Waals surface area contributed by atoms with E-state index in [4.69, 9.17) is 4.74 Å². The summed E-state index contributed by atoms with van der Waals surface area (Å²) in [6.07, 6.45) is 65.2. The lowest BCUT2D eigenvalue weighted by Crippen LogP contribution is -2.45. The van der Waals surface area contributed by atoms with Crippen LogP contribution < -0.4 is 5.32 Å². The molecule has 0 fully saturated rings. The number of carbonyl (C=O) groups is 2. The van der Waals surface area contributed by atoms with Gasteiger partial charge in [-0.3, -0.25) is 9.59 Å². The Balaban J connectivity index is 3.42. The lowest BCUT2D eigenvalue weighted by atomic mass is 10.0. The third-order valence-corrected chi connectivity index (χ3v) is 14.4. The number of nitrogens with one attached hydrogen (secondary N) is 1. The minimum Gasteiger partial charge on any atom is -0.466 e. The Labute approximate surface area is 413 Å². The molecule has 0 spiro atoms. The van der Waals surface area contributed by atoms with E-state index in [0.29, 0.717) is 25.9 Å². The number of hydrogen-bond donors (Lipinski definition) is 3. The molecule has 0 aromatic rings. The third-order valence-electron chi connectivity index (χ3n) is 14.4. The van der Waals surface area contributed by atoms with E-state index in [-0.39, 0.29) is 18.5 Å². The van der Waals surface area contributed by atoms with Gasteiger partial charge in [-0.2, -0.15) is 0 Å². The predicted molar refractivity (Wildman–Crippen MR) is 287 cm³/mol. The van der Waals surface area contributed by atoms with Gasteiger partial charge < -0.3 is 20.3 Å². The smallest absolute Gasteiger partial charge is 0.305 e. The molecule has 0 saturated heterocycles. The predicted octanol–water partition coefficient (Wildman–Crippen LogP) is 18.7. The summed E-state index contributed by atoms with van der Waals surface area (Å²) < 4.78 is 5.48. The Morgan fingerprint density at radius 3 is 0.924 bits per heavy atom. The monoisotopic (exact) mass is 934 g/mol. The molecule has 0 saturated carbocycles. The van der Waals surface area contributed by atoms with Crippen LogP contribution in [0.2, 0.25) is 0 Å². The number of aliphatic hydroxyl groups excluding tert-OH is 2. The van der Waals surface area contributed by atoms with Gasteiger partial charge in [-0.05, 0) is 25.7 Å². The summed E-state index contributed by atoms with van der Waals surface area (Å²) in [5.41, 5.74) is 0. The highest BCUT2D eigenvalue weighted by Crippen LogP contribution is 2.18. The average Bonchev–Trinajstić information content (AvgIpc) is 3.32. The topological polar surface area (TPSA) is 95.9 Å². The van der Waals surface area contributed by atoms with Crippen LogP contribution in [0.25, 0.3) is 0 Å². The van der Waals surface area contributed by atoms with Crippen molar-refractivity contribution in [3.05, 3.63) is 0 Å². The quantitative estimate of drug-likeness (QED) is 0.0417. The second-order valence-electron chi connectivity index (χ2n) is 21.1. The van der Waals surface area contributed by atoms with Gasteiger partial charge in [0.15, 0.2) is 0 Å². The highest BCUT2D eigenvalue weighted by Gasteiger charge is 2.20. The molecular formula is C60H119NO5. The van der Waals surface area contributed by atoms with Crippen molar-refractivity contribution in [3.8, 4) is 0 Å². The number of esters is 1. The molecule has 0 aromatic heterocycles. The van der Waals surface area contributed by atoms with Crippen molar-refractivity contribution < 1.29 is 24.5 Å². The van der Waals surface area contributed by atoms with Crippen molar-refractivity contribution in [1.82, 2.24) is 5.32 Å². The van der Waals surface area contributed by atoms with E-state index in [2.05, 4.69) is 19.2 Å². The number of amides is 1. The maximum Gasteiger partial charge on any atom is 0.305 e. The first-order valence-electron chi connectivity index (χ1n) is 30.3. The van der Waals surface area contributed by atoms with Crippen LogP contribution >= 0.6 is 0 Å². The van der Waals surface area contributed by atoms with Crippen LogP contribution in [0, 0.1) is 0 Å². The van der Waals surface area contributed by atoms with E-state index < -0.39 is 12.1 Å². The third kappa shape index (κ3) is 52.2. The highest BCUT2D eigenvalue weighted by molar-refractivity contribution is 5.76. The molecule has 0 aliphatic heterocycles. The fraction of sp³-hybridized carbons (Fsp3) is 0.967. The molecule has 6 nitrogen and oxygen atoms in total. The second-order valence-corrected chi connectivity index (χ2v) is 21.1. The summed E-state index contributed by atoms with van der Waals surface area (Å²) in [6.45, 7) is 4.96. The van der Waals surface area contributed by atoms with Crippen LogP contribution in [-0.4, -0.2) is 47.4 Å². The molecule has 66 heavy (non-hydrogen) atoms. The SMILES string of the molecule is CCCCCCCCCCCCCCCCCCCCCCC(O)C(CO)NC(=O)CCCCCCCCCCCCCCCOC(=O)CCCCCCCCCCCCCCCCCC. The van der Waals surface area contributed by atoms with Crippen molar-refractivity contribution >= 4 is 11.9 Å². The molecule has 0 radical (unpaired) electrons. The van der Waals surface area contributed by atoms with Crippen LogP contribution in [0.5, 0.6) is 0 Å². The fourth-order valence-electron chi connectivity index (χ4n) is 9.76. The Hall–Kier alpha value is -1.14. The van der Waals surface area contributed by atoms with Gasteiger partial charge in [-0.25, -0.2) is 0 Å². The van der Waals surface area contributed by atoms with Gasteiger partial charge in [-0.1, -0.05) is 309 Å². The summed E-state index contributed by atoms with van der Waals surface area (Å²) in [5, 5.41) is 23.3. The van der Waals surface area contributed by atoms with Crippen LogP contribution in [0.4, 0.5) is 0 Å². The molecule has 0 aliphatic rings. The Kier molecular flexibility index (Phi) is 55.5. The van der Waals surface area contributed by atoms with Crippen molar-refractivity contribution in [3.63, 3.8) is 0 Å². The van der Waals surface area contributed by atoms with Crippen LogP contribution in [0.15, 0.2) is 0 Å². The zero-order valence-electron chi connectivity index (χ0n) is 45.0. The van der Waals surface area contributed by atoms with Crippen molar-refractivity contribution in [2.45, 2.75) is 360 Å². The first-order valence-corrected chi connectivity index (χ1v) is 30.3. The number of ether oxygens (including phenoxy) is 1. The molecule has 0 aliphatic carbocycles.